The predicted octanol–water partition coefficient (Wildman–Crippen LogP) is 6.03. The molecule has 3 aromatic rings. The van der Waals surface area contributed by atoms with Crippen LogP contribution < -0.4 is 20.5 Å². The second kappa shape index (κ2) is 24.4. The number of piperidine rings is 1. The number of anilines is 1. The van der Waals surface area contributed by atoms with E-state index in [-0.39, 0.29) is 60.0 Å². The third-order valence-corrected chi connectivity index (χ3v) is 11.6. The molecule has 6 amide bonds. The maximum atomic E-state index is 13.2. The molecule has 3 N–H and O–H groups in total. The molecule has 0 spiro atoms. The second-order valence-corrected chi connectivity index (χ2v) is 17.1. The summed E-state index contributed by atoms with van der Waals surface area (Å²) in [6.07, 6.45) is 16.9. The normalized spacial score (nSPS) is 15.2. The van der Waals surface area contributed by atoms with Gasteiger partial charge in [0.25, 0.3) is 17.7 Å². The van der Waals surface area contributed by atoms with Crippen molar-refractivity contribution in [3.8, 4) is 0 Å². The molecule has 1 aromatic heterocycles. The number of aromatic nitrogens is 1. The third kappa shape index (κ3) is 15.6. The highest BCUT2D eigenvalue weighted by Crippen LogP contribution is 2.24. The summed E-state index contributed by atoms with van der Waals surface area (Å²) in [6, 6.07) is 20.1. The molecule has 334 valence electrons. The summed E-state index contributed by atoms with van der Waals surface area (Å²) in [5.41, 5.74) is 3.25. The molecule has 63 heavy (non-hydrogen) atoms. The molecule has 1 saturated heterocycles. The molecule has 0 bridgehead atoms. The van der Waals surface area contributed by atoms with Crippen LogP contribution >= 0.6 is 0 Å². The van der Waals surface area contributed by atoms with Crippen molar-refractivity contribution < 1.29 is 38.1 Å². The van der Waals surface area contributed by atoms with Gasteiger partial charge in [-0.25, -0.2) is 4.57 Å². The van der Waals surface area contributed by atoms with E-state index in [1.54, 1.807) is 19.1 Å². The number of ketones is 1. The van der Waals surface area contributed by atoms with Crippen molar-refractivity contribution >= 4 is 53.0 Å². The van der Waals surface area contributed by atoms with E-state index in [0.29, 0.717) is 50.5 Å². The molecule has 13 heteroatoms. The zero-order chi connectivity index (χ0) is 45.1. The lowest BCUT2D eigenvalue weighted by molar-refractivity contribution is -0.688. The van der Waals surface area contributed by atoms with Gasteiger partial charge >= 0.3 is 0 Å². The molecular weight excluding hydrogens is 797 g/mol. The van der Waals surface area contributed by atoms with Crippen LogP contribution in [-0.4, -0.2) is 83.2 Å². The third-order valence-electron chi connectivity index (χ3n) is 11.6. The van der Waals surface area contributed by atoms with E-state index in [1.807, 2.05) is 102 Å². The Morgan fingerprint density at radius 3 is 2.24 bits per heavy atom. The zero-order valence-corrected chi connectivity index (χ0v) is 36.9. The minimum Gasteiger partial charge on any atom is -0.353 e. The maximum absolute atomic E-state index is 13.2. The smallest absolute Gasteiger partial charge is 0.253 e. The van der Waals surface area contributed by atoms with E-state index < -0.39 is 12.0 Å². The molecule has 3 heterocycles. The van der Waals surface area contributed by atoms with Crippen molar-refractivity contribution in [3.05, 3.63) is 114 Å². The molecule has 5 rings (SSSR count). The van der Waals surface area contributed by atoms with E-state index >= 15 is 0 Å². The molecule has 2 aliphatic heterocycles. The summed E-state index contributed by atoms with van der Waals surface area (Å²) in [5, 5.41) is 8.74. The Morgan fingerprint density at radius 1 is 0.825 bits per heavy atom. The first-order chi connectivity index (χ1) is 30.4. The van der Waals surface area contributed by atoms with Crippen molar-refractivity contribution in [3.63, 3.8) is 0 Å². The summed E-state index contributed by atoms with van der Waals surface area (Å²) in [7, 11) is 0. The van der Waals surface area contributed by atoms with Crippen LogP contribution in [0.2, 0.25) is 0 Å². The number of pyridine rings is 1. The summed E-state index contributed by atoms with van der Waals surface area (Å²) in [4.78, 5) is 90.8. The summed E-state index contributed by atoms with van der Waals surface area (Å²) < 4.78 is 2.02. The molecule has 0 saturated carbocycles. The average Bonchev–Trinajstić information content (AvgIpc) is 3.60. The number of hydrogen-bond acceptors (Lipinski definition) is 7. The predicted molar refractivity (Wildman–Crippen MR) is 242 cm³/mol. The van der Waals surface area contributed by atoms with Crippen LogP contribution in [0.4, 0.5) is 5.69 Å². The van der Waals surface area contributed by atoms with E-state index in [4.69, 9.17) is 0 Å². The number of benzene rings is 2. The Kier molecular flexibility index (Phi) is 18.5. The minimum atomic E-state index is -0.719. The monoisotopic (exact) mass is 859 g/mol. The number of rotatable bonds is 23. The van der Waals surface area contributed by atoms with Crippen molar-refractivity contribution in [2.75, 3.05) is 31.5 Å². The Bertz CT molecular complexity index is 2090. The van der Waals surface area contributed by atoms with Crippen LogP contribution in [-0.2, 0) is 35.3 Å². The second-order valence-electron chi connectivity index (χ2n) is 17.1. The lowest BCUT2D eigenvalue weighted by atomic mass is 9.91. The molecule has 2 aliphatic rings. The number of likely N-dealkylation sites (tertiary alicyclic amines) is 1. The van der Waals surface area contributed by atoms with Crippen molar-refractivity contribution in [2.45, 2.75) is 97.6 Å². The number of imide groups is 1. The van der Waals surface area contributed by atoms with Crippen LogP contribution in [0.25, 0.3) is 6.08 Å². The van der Waals surface area contributed by atoms with Crippen LogP contribution in [0.15, 0.2) is 97.4 Å². The Hall–Kier alpha value is -6.24. The van der Waals surface area contributed by atoms with Crippen molar-refractivity contribution in [2.24, 2.45) is 17.8 Å². The van der Waals surface area contributed by atoms with Crippen molar-refractivity contribution in [1.82, 2.24) is 20.4 Å². The Labute approximate surface area is 371 Å². The molecule has 0 radical (unpaired) electrons. The Balaban J connectivity index is 0.958. The summed E-state index contributed by atoms with van der Waals surface area (Å²) in [5.74, 6) is -1.58. The van der Waals surface area contributed by atoms with Gasteiger partial charge in [-0.15, -0.1) is 0 Å². The lowest BCUT2D eigenvalue weighted by Gasteiger charge is -2.32. The SMILES string of the molecule is CC(C)[C@H](NC(=O)CCCCCN1C(=O)C=CC1=O)C(=O)C[C@@H](C)C(=O)Nc1ccc(C[n+]2cccc(/C=C/C(=O)NCCCCC3CCN(C(=O)c4ccccc4)CC3)c2)cc1. The fraction of sp³-hybridized carbons (Fsp3) is 0.440. The quantitative estimate of drug-likeness (QED) is 0.0453. The van der Waals surface area contributed by atoms with Gasteiger partial charge in [0.2, 0.25) is 17.7 Å². The molecule has 2 aromatic carbocycles. The largest absolute Gasteiger partial charge is 0.353 e. The van der Waals surface area contributed by atoms with Gasteiger partial charge in [-0.2, -0.15) is 0 Å². The summed E-state index contributed by atoms with van der Waals surface area (Å²) in [6.45, 7) is 8.50. The van der Waals surface area contributed by atoms with Gasteiger partial charge < -0.3 is 20.9 Å². The number of nitrogens with one attached hydrogen (secondary N) is 3. The number of carbonyl (C=O) groups is 7. The Morgan fingerprint density at radius 2 is 1.54 bits per heavy atom. The van der Waals surface area contributed by atoms with Gasteiger partial charge in [-0.1, -0.05) is 70.4 Å². The highest BCUT2D eigenvalue weighted by atomic mass is 16.2. The number of nitrogens with zero attached hydrogens (tertiary/aromatic N) is 3. The first-order valence-electron chi connectivity index (χ1n) is 22.4. The molecule has 0 unspecified atom stereocenters. The maximum Gasteiger partial charge on any atom is 0.253 e. The van der Waals surface area contributed by atoms with Gasteiger partial charge in [0.05, 0.1) is 6.04 Å². The summed E-state index contributed by atoms with van der Waals surface area (Å²) >= 11 is 0. The minimum absolute atomic E-state index is 0.0242. The van der Waals surface area contributed by atoms with Crippen LogP contribution in [0.5, 0.6) is 0 Å². The number of Topliss-reactive ketones (excluding diaryl/α,β-unsaturated/α-hetero) is 1. The number of carbonyl (C=O) groups excluding carboxylic acids is 7. The van der Waals surface area contributed by atoms with E-state index in [0.717, 1.165) is 61.9 Å². The first-order valence-corrected chi connectivity index (χ1v) is 22.4. The van der Waals surface area contributed by atoms with Gasteiger partial charge in [-0.05, 0) is 80.3 Å². The lowest BCUT2D eigenvalue weighted by Crippen LogP contribution is -2.45. The average molecular weight is 860 g/mol. The van der Waals surface area contributed by atoms with E-state index in [1.165, 1.54) is 17.1 Å². The molecule has 0 aliphatic carbocycles. The molecule has 2 atom stereocenters. The van der Waals surface area contributed by atoms with Crippen LogP contribution in [0, 0.1) is 17.8 Å². The number of hydrogen-bond donors (Lipinski definition) is 3. The van der Waals surface area contributed by atoms with Gasteiger partial charge in [0, 0.05) is 91.6 Å². The van der Waals surface area contributed by atoms with Gasteiger partial charge in [0.1, 0.15) is 0 Å². The zero-order valence-electron chi connectivity index (χ0n) is 36.9. The fourth-order valence-electron chi connectivity index (χ4n) is 7.87. The standard InChI is InChI=1S/C50H62N6O7/c1-36(2)48(53-45(59)17-8-5-11-30-56-46(60)24-25-47(56)61)43(57)33-37(3)49(62)52-42-21-18-40(19-22-42)35-54-29-12-14-39(34-54)20-23-44(58)51-28-10-9-13-38-26-31-55(32-27-38)50(63)41-15-6-4-7-16-41/h4,6-7,12,14-16,18-25,29,34,36-38,48H,5,8-11,13,17,26-28,30-33,35H2,1-3H3,(H2-,51,52,53,58,59,62)/p+1/b23-20+/t37-,48+/m1/s1. The van der Waals surface area contributed by atoms with Crippen LogP contribution in [0.3, 0.4) is 0 Å². The van der Waals surface area contributed by atoms with Gasteiger partial charge in [0.15, 0.2) is 24.7 Å². The topological polar surface area (TPSA) is 166 Å². The van der Waals surface area contributed by atoms with E-state index in [2.05, 4.69) is 16.0 Å². The highest BCUT2D eigenvalue weighted by Gasteiger charge is 2.28. The van der Waals surface area contributed by atoms with Gasteiger partial charge in [-0.3, -0.25) is 38.5 Å². The molecular formula is C50H63N6O7+. The van der Waals surface area contributed by atoms with E-state index in [9.17, 15) is 33.6 Å². The highest BCUT2D eigenvalue weighted by molar-refractivity contribution is 6.12. The van der Waals surface area contributed by atoms with Crippen molar-refractivity contribution in [1.29, 1.82) is 0 Å². The molecule has 1 fully saturated rings. The fourth-order valence-corrected chi connectivity index (χ4v) is 7.87. The number of unbranched alkanes of at least 4 members (excludes halogenated alkanes) is 3. The van der Waals surface area contributed by atoms with Crippen LogP contribution in [0.1, 0.15) is 106 Å². The first kappa shape index (κ1) is 47.8. The molecule has 13 nitrogen and oxygen atoms in total. The number of amides is 6.